The first-order valence-electron chi connectivity index (χ1n) is 7.11. The second-order valence-corrected chi connectivity index (χ2v) is 4.77. The lowest BCUT2D eigenvalue weighted by atomic mass is 10.2. The van der Waals surface area contributed by atoms with Crippen molar-refractivity contribution in [1.82, 2.24) is 10.6 Å². The maximum absolute atomic E-state index is 11.5. The van der Waals surface area contributed by atoms with Gasteiger partial charge in [-0.1, -0.05) is 13.3 Å². The zero-order chi connectivity index (χ0) is 14.8. The maximum Gasteiger partial charge on any atom is 0.332 e. The predicted octanol–water partition coefficient (Wildman–Crippen LogP) is 0.735. The molecule has 1 rings (SSSR count). The summed E-state index contributed by atoms with van der Waals surface area (Å²) in [6, 6.07) is -0.286. The van der Waals surface area contributed by atoms with Crippen molar-refractivity contribution in [3.63, 3.8) is 0 Å². The lowest BCUT2D eigenvalue weighted by Crippen LogP contribution is -2.41. The molecule has 3 N–H and O–H groups in total. The van der Waals surface area contributed by atoms with Crippen molar-refractivity contribution in [1.29, 1.82) is 0 Å². The highest BCUT2D eigenvalue weighted by atomic mass is 16.5. The molecule has 2 atom stereocenters. The highest BCUT2D eigenvalue weighted by Gasteiger charge is 2.30. The Hall–Kier alpha value is -1.34. The van der Waals surface area contributed by atoms with E-state index in [-0.39, 0.29) is 12.1 Å². The quantitative estimate of drug-likeness (QED) is 0.544. The number of nitrogens with one attached hydrogen (secondary N) is 2. The molecule has 0 radical (unpaired) electrons. The number of carboxylic acids is 1. The SMILES string of the molecule is CCCCOCCNC(=O)NCC1CCC(C(=O)O)O1. The molecule has 0 bridgehead atoms. The molecule has 1 aliphatic heterocycles. The number of aliphatic carboxylic acids is 1. The van der Waals surface area contributed by atoms with Crippen LogP contribution in [0.1, 0.15) is 32.6 Å². The molecule has 1 heterocycles. The number of rotatable bonds is 9. The number of hydrogen-bond acceptors (Lipinski definition) is 4. The fourth-order valence-electron chi connectivity index (χ4n) is 1.89. The number of carboxylic acid groups (broad SMARTS) is 1. The summed E-state index contributed by atoms with van der Waals surface area (Å²) in [4.78, 5) is 22.2. The number of carbonyl (C=O) groups excluding carboxylic acids is 1. The minimum absolute atomic E-state index is 0.220. The molecule has 0 aromatic rings. The highest BCUT2D eigenvalue weighted by Crippen LogP contribution is 2.18. The van der Waals surface area contributed by atoms with Gasteiger partial charge in [-0.3, -0.25) is 0 Å². The molecule has 2 unspecified atom stereocenters. The van der Waals surface area contributed by atoms with Crippen molar-refractivity contribution < 1.29 is 24.2 Å². The van der Waals surface area contributed by atoms with Crippen LogP contribution in [0.25, 0.3) is 0 Å². The first-order valence-corrected chi connectivity index (χ1v) is 7.11. The zero-order valence-electron chi connectivity index (χ0n) is 11.9. The van der Waals surface area contributed by atoms with E-state index in [1.165, 1.54) is 0 Å². The molecule has 7 heteroatoms. The van der Waals surface area contributed by atoms with Gasteiger partial charge >= 0.3 is 12.0 Å². The summed E-state index contributed by atoms with van der Waals surface area (Å²) in [6.45, 7) is 4.08. The second kappa shape index (κ2) is 9.55. The van der Waals surface area contributed by atoms with E-state index in [4.69, 9.17) is 14.6 Å². The molecular weight excluding hydrogens is 264 g/mol. The van der Waals surface area contributed by atoms with Gasteiger partial charge in [-0.2, -0.15) is 0 Å². The van der Waals surface area contributed by atoms with Crippen LogP contribution in [0.4, 0.5) is 4.79 Å². The second-order valence-electron chi connectivity index (χ2n) is 4.77. The van der Waals surface area contributed by atoms with Crippen LogP contribution in [-0.4, -0.2) is 55.6 Å². The summed E-state index contributed by atoms with van der Waals surface area (Å²) in [7, 11) is 0. The Morgan fingerprint density at radius 1 is 1.30 bits per heavy atom. The van der Waals surface area contributed by atoms with Crippen LogP contribution in [0.3, 0.4) is 0 Å². The van der Waals surface area contributed by atoms with E-state index in [1.54, 1.807) is 0 Å². The number of carbonyl (C=O) groups is 2. The Morgan fingerprint density at radius 3 is 2.75 bits per heavy atom. The molecule has 1 fully saturated rings. The molecule has 7 nitrogen and oxygen atoms in total. The Kier molecular flexibility index (Phi) is 7.98. The highest BCUT2D eigenvalue weighted by molar-refractivity contribution is 5.74. The van der Waals surface area contributed by atoms with Gasteiger partial charge in [0.2, 0.25) is 0 Å². The molecule has 0 saturated carbocycles. The van der Waals surface area contributed by atoms with Gasteiger partial charge in [0.25, 0.3) is 0 Å². The van der Waals surface area contributed by atoms with Crippen LogP contribution in [0.15, 0.2) is 0 Å². The summed E-state index contributed by atoms with van der Waals surface area (Å²) >= 11 is 0. The van der Waals surface area contributed by atoms with Crippen LogP contribution < -0.4 is 10.6 Å². The van der Waals surface area contributed by atoms with Crippen LogP contribution in [0, 0.1) is 0 Å². The molecule has 1 saturated heterocycles. The number of unbranched alkanes of at least 4 members (excludes halogenated alkanes) is 1. The van der Waals surface area contributed by atoms with E-state index in [0.717, 1.165) is 12.8 Å². The van der Waals surface area contributed by atoms with Crippen LogP contribution >= 0.6 is 0 Å². The molecule has 0 aromatic carbocycles. The zero-order valence-corrected chi connectivity index (χ0v) is 11.9. The lowest BCUT2D eigenvalue weighted by Gasteiger charge is -2.13. The first kappa shape index (κ1) is 16.7. The van der Waals surface area contributed by atoms with Crippen molar-refractivity contribution in [2.75, 3.05) is 26.3 Å². The fourth-order valence-corrected chi connectivity index (χ4v) is 1.89. The average molecular weight is 288 g/mol. The van der Waals surface area contributed by atoms with E-state index in [9.17, 15) is 9.59 Å². The smallest absolute Gasteiger partial charge is 0.332 e. The molecule has 0 aliphatic carbocycles. The van der Waals surface area contributed by atoms with Gasteiger partial charge in [-0.15, -0.1) is 0 Å². The Labute approximate surface area is 119 Å². The minimum Gasteiger partial charge on any atom is -0.479 e. The largest absolute Gasteiger partial charge is 0.479 e. The molecule has 0 aromatic heterocycles. The van der Waals surface area contributed by atoms with E-state index >= 15 is 0 Å². The third-order valence-electron chi connectivity index (χ3n) is 3.05. The molecule has 1 aliphatic rings. The van der Waals surface area contributed by atoms with E-state index in [2.05, 4.69) is 17.6 Å². The van der Waals surface area contributed by atoms with Gasteiger partial charge in [0.1, 0.15) is 0 Å². The molecule has 0 spiro atoms. The summed E-state index contributed by atoms with van der Waals surface area (Å²) in [6.07, 6.45) is 2.30. The van der Waals surface area contributed by atoms with Crippen LogP contribution in [0.5, 0.6) is 0 Å². The summed E-state index contributed by atoms with van der Waals surface area (Å²) in [5.41, 5.74) is 0. The summed E-state index contributed by atoms with van der Waals surface area (Å²) < 4.78 is 10.6. The monoisotopic (exact) mass is 288 g/mol. The average Bonchev–Trinajstić information content (AvgIpc) is 2.89. The summed E-state index contributed by atoms with van der Waals surface area (Å²) in [5.74, 6) is -0.943. The van der Waals surface area contributed by atoms with Crippen LogP contribution in [0.2, 0.25) is 0 Å². The summed E-state index contributed by atoms with van der Waals surface area (Å²) in [5, 5.41) is 14.1. The van der Waals surface area contributed by atoms with Gasteiger partial charge in [0, 0.05) is 19.7 Å². The van der Waals surface area contributed by atoms with Crippen molar-refractivity contribution in [3.05, 3.63) is 0 Å². The van der Waals surface area contributed by atoms with Gasteiger partial charge < -0.3 is 25.2 Å². The minimum atomic E-state index is -0.943. The van der Waals surface area contributed by atoms with E-state index in [1.807, 2.05) is 0 Å². The number of urea groups is 1. The van der Waals surface area contributed by atoms with Gasteiger partial charge in [-0.05, 0) is 19.3 Å². The maximum atomic E-state index is 11.5. The van der Waals surface area contributed by atoms with E-state index < -0.39 is 12.1 Å². The standard InChI is InChI=1S/C13H24N2O5/c1-2-3-7-19-8-6-14-13(18)15-9-10-4-5-11(20-10)12(16)17/h10-11H,2-9H2,1H3,(H,16,17)(H2,14,15,18). The third-order valence-corrected chi connectivity index (χ3v) is 3.05. The van der Waals surface area contributed by atoms with Crippen LogP contribution in [-0.2, 0) is 14.3 Å². The number of ether oxygens (including phenoxy) is 2. The molecule has 116 valence electrons. The Balaban J connectivity index is 1.99. The Bertz CT molecular complexity index is 311. The molecule has 2 amide bonds. The van der Waals surface area contributed by atoms with Crippen molar-refractivity contribution in [2.45, 2.75) is 44.8 Å². The number of hydrogen-bond donors (Lipinski definition) is 3. The van der Waals surface area contributed by atoms with Gasteiger partial charge in [0.05, 0.1) is 12.7 Å². The molecule has 20 heavy (non-hydrogen) atoms. The van der Waals surface area contributed by atoms with Crippen molar-refractivity contribution >= 4 is 12.0 Å². The van der Waals surface area contributed by atoms with Gasteiger partial charge in [-0.25, -0.2) is 9.59 Å². The lowest BCUT2D eigenvalue weighted by molar-refractivity contribution is -0.149. The Morgan fingerprint density at radius 2 is 2.10 bits per heavy atom. The topological polar surface area (TPSA) is 96.9 Å². The van der Waals surface area contributed by atoms with Crippen molar-refractivity contribution in [2.24, 2.45) is 0 Å². The third kappa shape index (κ3) is 6.72. The van der Waals surface area contributed by atoms with Gasteiger partial charge in [0.15, 0.2) is 6.10 Å². The molecular formula is C13H24N2O5. The van der Waals surface area contributed by atoms with E-state index in [0.29, 0.717) is 39.1 Å². The predicted molar refractivity (Wildman–Crippen MR) is 72.7 cm³/mol. The fraction of sp³-hybridized carbons (Fsp3) is 0.846. The normalized spacial score (nSPS) is 21.6. The first-order chi connectivity index (χ1) is 9.63. The van der Waals surface area contributed by atoms with Crippen molar-refractivity contribution in [3.8, 4) is 0 Å². The number of amides is 2.